The maximum Gasteiger partial charge on any atom is 0.356 e. The summed E-state index contributed by atoms with van der Waals surface area (Å²) in [5.74, 6) is -1.77. The molecule has 2 N–H and O–H groups in total. The third-order valence-electron chi connectivity index (χ3n) is 2.55. The lowest BCUT2D eigenvalue weighted by Crippen LogP contribution is -2.28. The highest BCUT2D eigenvalue weighted by atomic mass is 19.1. The first-order chi connectivity index (χ1) is 9.78. The van der Waals surface area contributed by atoms with Crippen molar-refractivity contribution in [1.82, 2.24) is 9.78 Å². The van der Waals surface area contributed by atoms with Gasteiger partial charge in [-0.05, 0) is 26.0 Å². The minimum atomic E-state index is -1.25. The van der Waals surface area contributed by atoms with Gasteiger partial charge in [-0.3, -0.25) is 0 Å². The molecule has 0 atom stereocenters. The quantitative estimate of drug-likeness (QED) is 0.879. The molecule has 2 aromatic rings. The molecule has 7 heteroatoms. The van der Waals surface area contributed by atoms with Crippen LogP contribution in [0.2, 0.25) is 0 Å². The summed E-state index contributed by atoms with van der Waals surface area (Å²) < 4.78 is 20.2. The standard InChI is InChI=1S/C14H15FN2O4/c1-14(2,20)8-21-12-7-10(13(18)19)16-17(12)11-6-4-3-5-9(11)15/h3-7,20H,8H2,1-2H3,(H,18,19). The van der Waals surface area contributed by atoms with Gasteiger partial charge in [0.25, 0.3) is 0 Å². The van der Waals surface area contributed by atoms with Crippen molar-refractivity contribution in [3.8, 4) is 11.6 Å². The van der Waals surface area contributed by atoms with Gasteiger partial charge in [0.15, 0.2) is 5.69 Å². The molecular weight excluding hydrogens is 279 g/mol. The highest BCUT2D eigenvalue weighted by Crippen LogP contribution is 2.22. The number of ether oxygens (including phenoxy) is 1. The van der Waals surface area contributed by atoms with Crippen LogP contribution in [0.5, 0.6) is 5.88 Å². The van der Waals surface area contributed by atoms with Gasteiger partial charge in [-0.15, -0.1) is 0 Å². The van der Waals surface area contributed by atoms with E-state index in [2.05, 4.69) is 5.10 Å². The second-order valence-electron chi connectivity index (χ2n) is 5.14. The zero-order valence-electron chi connectivity index (χ0n) is 11.6. The summed E-state index contributed by atoms with van der Waals surface area (Å²) in [5.41, 5.74) is -1.33. The largest absolute Gasteiger partial charge is 0.476 e. The van der Waals surface area contributed by atoms with Gasteiger partial charge in [-0.25, -0.2) is 9.18 Å². The minimum Gasteiger partial charge on any atom is -0.476 e. The third-order valence-corrected chi connectivity index (χ3v) is 2.55. The van der Waals surface area contributed by atoms with Crippen molar-refractivity contribution in [2.75, 3.05) is 6.61 Å². The van der Waals surface area contributed by atoms with E-state index in [0.29, 0.717) is 0 Å². The molecule has 0 aliphatic carbocycles. The van der Waals surface area contributed by atoms with Crippen LogP contribution in [0, 0.1) is 5.82 Å². The monoisotopic (exact) mass is 294 g/mol. The fourth-order valence-corrected chi connectivity index (χ4v) is 1.62. The van der Waals surface area contributed by atoms with Crippen molar-refractivity contribution >= 4 is 5.97 Å². The van der Waals surface area contributed by atoms with E-state index in [1.807, 2.05) is 0 Å². The van der Waals surface area contributed by atoms with E-state index in [4.69, 9.17) is 9.84 Å². The van der Waals surface area contributed by atoms with Gasteiger partial charge in [0.2, 0.25) is 5.88 Å². The summed E-state index contributed by atoms with van der Waals surface area (Å²) in [7, 11) is 0. The zero-order chi connectivity index (χ0) is 15.6. The number of para-hydroxylation sites is 1. The zero-order valence-corrected chi connectivity index (χ0v) is 11.6. The molecule has 0 fully saturated rings. The number of carboxylic acids is 1. The van der Waals surface area contributed by atoms with Crippen molar-refractivity contribution in [2.24, 2.45) is 0 Å². The lowest BCUT2D eigenvalue weighted by molar-refractivity contribution is 0.0259. The summed E-state index contributed by atoms with van der Waals surface area (Å²) in [6, 6.07) is 6.97. The first-order valence-electron chi connectivity index (χ1n) is 6.21. The summed E-state index contributed by atoms with van der Waals surface area (Å²) in [4.78, 5) is 11.0. The highest BCUT2D eigenvalue weighted by Gasteiger charge is 2.20. The first-order valence-corrected chi connectivity index (χ1v) is 6.21. The Morgan fingerprint density at radius 3 is 2.67 bits per heavy atom. The van der Waals surface area contributed by atoms with Crippen molar-refractivity contribution < 1.29 is 24.1 Å². The molecule has 0 unspecified atom stereocenters. The van der Waals surface area contributed by atoms with E-state index in [1.54, 1.807) is 6.07 Å². The van der Waals surface area contributed by atoms with Crippen LogP contribution >= 0.6 is 0 Å². The number of carbonyl (C=O) groups is 1. The molecule has 0 saturated carbocycles. The number of hydrogen-bond acceptors (Lipinski definition) is 4. The molecule has 0 radical (unpaired) electrons. The predicted molar refractivity (Wildman–Crippen MR) is 72.3 cm³/mol. The molecule has 21 heavy (non-hydrogen) atoms. The van der Waals surface area contributed by atoms with Crippen LogP contribution in [-0.2, 0) is 0 Å². The lowest BCUT2D eigenvalue weighted by Gasteiger charge is -2.18. The van der Waals surface area contributed by atoms with Crippen LogP contribution in [0.1, 0.15) is 24.3 Å². The number of aromatic carboxylic acids is 1. The maximum atomic E-state index is 13.8. The molecule has 2 rings (SSSR count). The van der Waals surface area contributed by atoms with Crippen molar-refractivity contribution in [3.05, 3.63) is 41.8 Å². The number of carboxylic acid groups (broad SMARTS) is 1. The third kappa shape index (κ3) is 3.57. The molecule has 112 valence electrons. The number of halogens is 1. The second kappa shape index (κ2) is 5.53. The minimum absolute atomic E-state index is 0.0413. The van der Waals surface area contributed by atoms with E-state index >= 15 is 0 Å². The first kappa shape index (κ1) is 15.0. The van der Waals surface area contributed by atoms with E-state index < -0.39 is 17.4 Å². The molecule has 0 amide bonds. The second-order valence-corrected chi connectivity index (χ2v) is 5.14. The van der Waals surface area contributed by atoms with E-state index in [9.17, 15) is 14.3 Å². The summed E-state index contributed by atoms with van der Waals surface area (Å²) in [5, 5.41) is 22.5. The Morgan fingerprint density at radius 2 is 2.10 bits per heavy atom. The Hall–Kier alpha value is -2.41. The molecule has 1 aromatic carbocycles. The Kier molecular flexibility index (Phi) is 3.95. The Balaban J connectivity index is 2.44. The fourth-order valence-electron chi connectivity index (χ4n) is 1.62. The number of nitrogens with zero attached hydrogens (tertiary/aromatic N) is 2. The molecule has 0 bridgehead atoms. The Morgan fingerprint density at radius 1 is 1.43 bits per heavy atom. The van der Waals surface area contributed by atoms with Gasteiger partial charge in [0.05, 0.1) is 5.60 Å². The molecule has 0 spiro atoms. The van der Waals surface area contributed by atoms with E-state index in [1.165, 1.54) is 38.1 Å². The Labute approximate surface area is 120 Å². The Bertz CT molecular complexity index is 661. The fraction of sp³-hybridized carbons (Fsp3) is 0.286. The average Bonchev–Trinajstić information content (AvgIpc) is 2.80. The molecule has 0 aliphatic heterocycles. The van der Waals surface area contributed by atoms with Crippen molar-refractivity contribution in [2.45, 2.75) is 19.4 Å². The van der Waals surface area contributed by atoms with Gasteiger partial charge >= 0.3 is 5.97 Å². The highest BCUT2D eigenvalue weighted by molar-refractivity contribution is 5.85. The van der Waals surface area contributed by atoms with Gasteiger partial charge in [0.1, 0.15) is 18.1 Å². The van der Waals surface area contributed by atoms with Crippen LogP contribution < -0.4 is 4.74 Å². The van der Waals surface area contributed by atoms with Gasteiger partial charge in [-0.1, -0.05) is 12.1 Å². The lowest BCUT2D eigenvalue weighted by atomic mass is 10.2. The summed E-state index contributed by atoms with van der Waals surface area (Å²) >= 11 is 0. The van der Waals surface area contributed by atoms with Crippen molar-refractivity contribution in [1.29, 1.82) is 0 Å². The number of benzene rings is 1. The average molecular weight is 294 g/mol. The molecular formula is C14H15FN2O4. The van der Waals surface area contributed by atoms with Gasteiger partial charge in [-0.2, -0.15) is 9.78 Å². The smallest absolute Gasteiger partial charge is 0.356 e. The molecule has 6 nitrogen and oxygen atoms in total. The van der Waals surface area contributed by atoms with Crippen LogP contribution in [0.15, 0.2) is 30.3 Å². The SMILES string of the molecule is CC(C)(O)COc1cc(C(=O)O)nn1-c1ccccc1F. The maximum absolute atomic E-state index is 13.8. The number of aliphatic hydroxyl groups is 1. The van der Waals surface area contributed by atoms with Crippen LogP contribution in [0.4, 0.5) is 4.39 Å². The van der Waals surface area contributed by atoms with Crippen molar-refractivity contribution in [3.63, 3.8) is 0 Å². The number of rotatable bonds is 5. The predicted octanol–water partition coefficient (Wildman–Crippen LogP) is 1.86. The van der Waals surface area contributed by atoms with Gasteiger partial charge < -0.3 is 14.9 Å². The normalized spacial score (nSPS) is 11.4. The van der Waals surface area contributed by atoms with Crippen LogP contribution in [0.25, 0.3) is 5.69 Å². The molecule has 0 saturated heterocycles. The van der Waals surface area contributed by atoms with Gasteiger partial charge in [0, 0.05) is 6.07 Å². The van der Waals surface area contributed by atoms with E-state index in [0.717, 1.165) is 4.68 Å². The summed E-state index contributed by atoms with van der Waals surface area (Å²) in [6.45, 7) is 2.98. The molecule has 0 aliphatic rings. The van der Waals surface area contributed by atoms with Crippen LogP contribution in [-0.4, -0.2) is 38.2 Å². The molecule has 1 aromatic heterocycles. The summed E-state index contributed by atoms with van der Waals surface area (Å²) in [6.07, 6.45) is 0. The van der Waals surface area contributed by atoms with E-state index in [-0.39, 0.29) is 23.9 Å². The van der Waals surface area contributed by atoms with Crippen LogP contribution in [0.3, 0.4) is 0 Å². The number of hydrogen-bond donors (Lipinski definition) is 2. The molecule has 1 heterocycles. The topological polar surface area (TPSA) is 84.6 Å². The number of aromatic nitrogens is 2.